The van der Waals surface area contributed by atoms with Crippen LogP contribution in [0.25, 0.3) is 27.5 Å². The summed E-state index contributed by atoms with van der Waals surface area (Å²) < 4.78 is 1.97. The summed E-state index contributed by atoms with van der Waals surface area (Å²) in [5, 5.41) is 7.89. The van der Waals surface area contributed by atoms with Crippen LogP contribution in [0.3, 0.4) is 0 Å². The van der Waals surface area contributed by atoms with Crippen molar-refractivity contribution in [3.8, 4) is 11.3 Å². The van der Waals surface area contributed by atoms with E-state index in [9.17, 15) is 0 Å². The van der Waals surface area contributed by atoms with E-state index < -0.39 is 0 Å². The second kappa shape index (κ2) is 7.29. The molecule has 6 heteroatoms. The number of pyridine rings is 1. The van der Waals surface area contributed by atoms with E-state index in [0.29, 0.717) is 0 Å². The van der Waals surface area contributed by atoms with Crippen LogP contribution in [0.1, 0.15) is 12.8 Å². The molecule has 4 aromatic rings. The number of halogens is 2. The molecular weight excluding hydrogens is 379 g/mol. The molecule has 3 heterocycles. The molecule has 2 aromatic heterocycles. The fourth-order valence-electron chi connectivity index (χ4n) is 3.58. The third kappa shape index (κ3) is 3.31. The van der Waals surface area contributed by atoms with Crippen LogP contribution in [0.5, 0.6) is 0 Å². The molecule has 0 unspecified atom stereocenters. The Morgan fingerprint density at radius 3 is 2.37 bits per heavy atom. The SMILES string of the molecule is Clc1ccc(-c2nc(N3CCCC3)n[n+]3cc4ccccc4cc23)cc1.[Cl-]. The molecule has 0 saturated carbocycles. The van der Waals surface area contributed by atoms with Crippen molar-refractivity contribution in [1.29, 1.82) is 0 Å². The minimum absolute atomic E-state index is 0. The number of hydrogen-bond acceptors (Lipinski definition) is 3. The predicted molar refractivity (Wildman–Crippen MR) is 105 cm³/mol. The highest BCUT2D eigenvalue weighted by molar-refractivity contribution is 6.30. The van der Waals surface area contributed by atoms with Gasteiger partial charge in [0.15, 0.2) is 0 Å². The van der Waals surface area contributed by atoms with Gasteiger partial charge in [-0.1, -0.05) is 41.9 Å². The highest BCUT2D eigenvalue weighted by atomic mass is 35.5. The Hall–Kier alpha value is -2.43. The summed E-state index contributed by atoms with van der Waals surface area (Å²) in [7, 11) is 0. The molecule has 4 nitrogen and oxygen atoms in total. The second-order valence-corrected chi connectivity index (χ2v) is 7.13. The van der Waals surface area contributed by atoms with Gasteiger partial charge in [0, 0.05) is 40.2 Å². The lowest BCUT2D eigenvalue weighted by molar-refractivity contribution is -0.578. The predicted octanol–water partition coefficient (Wildman–Crippen LogP) is 1.29. The lowest BCUT2D eigenvalue weighted by atomic mass is 10.1. The number of aromatic nitrogens is 3. The Morgan fingerprint density at radius 2 is 1.63 bits per heavy atom. The van der Waals surface area contributed by atoms with Gasteiger partial charge in [-0.3, -0.25) is 0 Å². The van der Waals surface area contributed by atoms with E-state index >= 15 is 0 Å². The highest BCUT2D eigenvalue weighted by Gasteiger charge is 2.23. The molecule has 0 bridgehead atoms. The molecule has 0 aliphatic carbocycles. The number of rotatable bonds is 2. The minimum Gasteiger partial charge on any atom is -1.00 e. The number of anilines is 1. The molecule has 0 radical (unpaired) electrons. The third-order valence-corrected chi connectivity index (χ3v) is 5.21. The fraction of sp³-hybridized carbons (Fsp3) is 0.190. The normalized spacial score (nSPS) is 13.9. The van der Waals surface area contributed by atoms with Gasteiger partial charge in [0.25, 0.3) is 11.5 Å². The topological polar surface area (TPSA) is 33.1 Å². The van der Waals surface area contributed by atoms with Crippen LogP contribution in [0.2, 0.25) is 5.02 Å². The van der Waals surface area contributed by atoms with Crippen LogP contribution >= 0.6 is 11.6 Å². The van der Waals surface area contributed by atoms with E-state index in [0.717, 1.165) is 46.2 Å². The zero-order valence-corrected chi connectivity index (χ0v) is 16.2. The van der Waals surface area contributed by atoms with E-state index in [-0.39, 0.29) is 12.4 Å². The molecule has 0 atom stereocenters. The van der Waals surface area contributed by atoms with Gasteiger partial charge < -0.3 is 17.3 Å². The van der Waals surface area contributed by atoms with Gasteiger partial charge in [-0.25, -0.2) is 4.98 Å². The molecule has 2 aromatic carbocycles. The Labute approximate surface area is 168 Å². The molecule has 136 valence electrons. The summed E-state index contributed by atoms with van der Waals surface area (Å²) in [6, 6.07) is 18.4. The van der Waals surface area contributed by atoms with Crippen LogP contribution < -0.4 is 21.8 Å². The zero-order chi connectivity index (χ0) is 17.5. The van der Waals surface area contributed by atoms with Gasteiger partial charge in [0.2, 0.25) is 6.20 Å². The van der Waals surface area contributed by atoms with Crippen LogP contribution in [0.15, 0.2) is 60.8 Å². The maximum atomic E-state index is 6.08. The first-order valence-corrected chi connectivity index (χ1v) is 9.29. The van der Waals surface area contributed by atoms with E-state index in [1.54, 1.807) is 0 Å². The molecule has 5 rings (SSSR count). The highest BCUT2D eigenvalue weighted by Crippen LogP contribution is 2.26. The van der Waals surface area contributed by atoms with E-state index in [1.165, 1.54) is 18.2 Å². The van der Waals surface area contributed by atoms with Crippen molar-refractivity contribution in [2.75, 3.05) is 18.0 Å². The van der Waals surface area contributed by atoms with Gasteiger partial charge in [0.05, 0.1) is 0 Å². The number of fused-ring (bicyclic) bond motifs is 2. The summed E-state index contributed by atoms with van der Waals surface area (Å²) in [5.74, 6) is 0.792. The minimum atomic E-state index is 0. The van der Waals surface area contributed by atoms with E-state index in [1.807, 2.05) is 28.8 Å². The first-order valence-electron chi connectivity index (χ1n) is 8.91. The smallest absolute Gasteiger partial charge is 0.292 e. The summed E-state index contributed by atoms with van der Waals surface area (Å²) in [4.78, 5) is 7.21. The Morgan fingerprint density at radius 1 is 0.926 bits per heavy atom. The average Bonchev–Trinajstić information content (AvgIpc) is 3.21. The Balaban J connectivity index is 0.00000180. The lowest BCUT2D eigenvalue weighted by Crippen LogP contribution is -3.00. The monoisotopic (exact) mass is 396 g/mol. The summed E-state index contributed by atoms with van der Waals surface area (Å²) >= 11 is 6.08. The van der Waals surface area contributed by atoms with Gasteiger partial charge >= 0.3 is 0 Å². The van der Waals surface area contributed by atoms with Gasteiger partial charge in [-0.05, 0) is 40.9 Å². The standard InChI is InChI=1S/C21H18ClN4.ClH/c22-18-9-7-15(8-10-18)20-19-13-16-5-1-2-6-17(16)14-26(19)24-21(23-20)25-11-3-4-12-25;/h1-2,5-10,13-14H,3-4,11-12H2;1H/q+1;/p-1. The Kier molecular flexibility index (Phi) is 4.85. The second-order valence-electron chi connectivity index (χ2n) is 6.69. The quantitative estimate of drug-likeness (QED) is 0.378. The number of hydrogen-bond donors (Lipinski definition) is 0. The summed E-state index contributed by atoms with van der Waals surface area (Å²) in [6.07, 6.45) is 4.48. The molecule has 1 aliphatic heterocycles. The van der Waals surface area contributed by atoms with Crippen molar-refractivity contribution in [2.24, 2.45) is 0 Å². The molecule has 0 spiro atoms. The lowest BCUT2D eigenvalue weighted by Gasteiger charge is -2.14. The number of nitrogens with zero attached hydrogens (tertiary/aromatic N) is 4. The molecular formula is C21H18Cl2N4. The average molecular weight is 397 g/mol. The van der Waals surface area contributed by atoms with Crippen LogP contribution in [-0.4, -0.2) is 23.2 Å². The molecule has 1 saturated heterocycles. The van der Waals surface area contributed by atoms with E-state index in [4.69, 9.17) is 21.7 Å². The van der Waals surface area contributed by atoms with Crippen molar-refractivity contribution < 1.29 is 16.9 Å². The Bertz CT molecular complexity index is 1110. The molecule has 0 amide bonds. The molecule has 27 heavy (non-hydrogen) atoms. The van der Waals surface area contributed by atoms with E-state index in [2.05, 4.69) is 41.4 Å². The largest absolute Gasteiger partial charge is 1.00 e. The zero-order valence-electron chi connectivity index (χ0n) is 14.6. The molecule has 0 N–H and O–H groups in total. The van der Waals surface area contributed by atoms with Crippen molar-refractivity contribution in [2.45, 2.75) is 12.8 Å². The summed E-state index contributed by atoms with van der Waals surface area (Å²) in [5.41, 5.74) is 2.98. The van der Waals surface area contributed by atoms with Crippen LogP contribution in [0, 0.1) is 0 Å². The van der Waals surface area contributed by atoms with Gasteiger partial charge in [-0.15, -0.1) is 0 Å². The first-order chi connectivity index (χ1) is 12.8. The molecule has 1 aliphatic rings. The van der Waals surface area contributed by atoms with Crippen molar-refractivity contribution in [1.82, 2.24) is 10.1 Å². The van der Waals surface area contributed by atoms with Gasteiger partial charge in [0.1, 0.15) is 5.69 Å². The van der Waals surface area contributed by atoms with Crippen LogP contribution in [0.4, 0.5) is 5.95 Å². The maximum Gasteiger partial charge on any atom is 0.292 e. The van der Waals surface area contributed by atoms with Crippen molar-refractivity contribution in [3.63, 3.8) is 0 Å². The fourth-order valence-corrected chi connectivity index (χ4v) is 3.71. The van der Waals surface area contributed by atoms with Crippen molar-refractivity contribution >= 4 is 33.8 Å². The van der Waals surface area contributed by atoms with Crippen LogP contribution in [-0.2, 0) is 0 Å². The number of benzene rings is 2. The first kappa shape index (κ1) is 18.0. The van der Waals surface area contributed by atoms with Crippen molar-refractivity contribution in [3.05, 3.63) is 65.8 Å². The third-order valence-electron chi connectivity index (χ3n) is 4.95. The maximum absolute atomic E-state index is 6.08. The van der Waals surface area contributed by atoms with Gasteiger partial charge in [-0.2, -0.15) is 0 Å². The summed E-state index contributed by atoms with van der Waals surface area (Å²) in [6.45, 7) is 2.03. The molecule has 1 fully saturated rings.